The van der Waals surface area contributed by atoms with E-state index in [1.165, 1.54) is 0 Å². The average molecular weight is 319 g/mol. The summed E-state index contributed by atoms with van der Waals surface area (Å²) in [4.78, 5) is 2.61. The molecule has 0 fully saturated rings. The third kappa shape index (κ3) is 3.36. The smallest absolute Gasteiger partial charge is 0.106 e. The Morgan fingerprint density at radius 2 is 1.90 bits per heavy atom. The number of thiocarbonyl (C=S) groups is 1. The highest BCUT2D eigenvalue weighted by molar-refractivity contribution is 7.80. The molecule has 4 heteroatoms. The topological polar surface area (TPSA) is 29.3 Å². The van der Waals surface area contributed by atoms with Crippen LogP contribution >= 0.6 is 23.8 Å². The second-order valence-corrected chi connectivity index (χ2v) is 6.05. The highest BCUT2D eigenvalue weighted by Crippen LogP contribution is 2.31. The van der Waals surface area contributed by atoms with Gasteiger partial charge in [-0.1, -0.05) is 48.1 Å². The fourth-order valence-electron chi connectivity index (χ4n) is 2.51. The fourth-order valence-corrected chi connectivity index (χ4v) is 2.87. The molecule has 0 aliphatic heterocycles. The highest BCUT2D eigenvalue weighted by atomic mass is 35.5. The van der Waals surface area contributed by atoms with Gasteiger partial charge in [0, 0.05) is 17.6 Å². The lowest BCUT2D eigenvalue weighted by Gasteiger charge is -2.30. The van der Waals surface area contributed by atoms with Gasteiger partial charge in [-0.2, -0.15) is 0 Å². The van der Waals surface area contributed by atoms with Crippen LogP contribution in [0.15, 0.2) is 42.5 Å². The predicted molar refractivity (Wildman–Crippen MR) is 95.3 cm³/mol. The minimum atomic E-state index is 0.165. The SMILES string of the molecule is Cc1cccc(C(N)=S)c1N(C)C(C)c1cccc(Cl)c1. The summed E-state index contributed by atoms with van der Waals surface area (Å²) < 4.78 is 0. The van der Waals surface area contributed by atoms with Crippen LogP contribution in [0.25, 0.3) is 0 Å². The second kappa shape index (κ2) is 6.46. The van der Waals surface area contributed by atoms with Gasteiger partial charge in [-0.15, -0.1) is 0 Å². The van der Waals surface area contributed by atoms with Gasteiger partial charge in [0.25, 0.3) is 0 Å². The lowest BCUT2D eigenvalue weighted by molar-refractivity contribution is 0.737. The zero-order valence-corrected chi connectivity index (χ0v) is 14.0. The van der Waals surface area contributed by atoms with Gasteiger partial charge in [0.1, 0.15) is 4.99 Å². The van der Waals surface area contributed by atoms with Crippen LogP contribution in [-0.4, -0.2) is 12.0 Å². The number of rotatable bonds is 4. The first-order valence-corrected chi connectivity index (χ1v) is 7.58. The quantitative estimate of drug-likeness (QED) is 0.843. The first-order chi connectivity index (χ1) is 9.91. The van der Waals surface area contributed by atoms with Crippen LogP contribution < -0.4 is 10.6 Å². The summed E-state index contributed by atoms with van der Waals surface area (Å²) in [5.41, 5.74) is 10.1. The highest BCUT2D eigenvalue weighted by Gasteiger charge is 2.18. The number of anilines is 1. The standard InChI is InChI=1S/C17H19ClN2S/c1-11-6-4-9-15(17(19)21)16(11)20(3)12(2)13-7-5-8-14(18)10-13/h4-10,12H,1-3H3,(H2,19,21). The summed E-state index contributed by atoms with van der Waals surface area (Å²) in [6.07, 6.45) is 0. The van der Waals surface area contributed by atoms with E-state index in [1.54, 1.807) is 0 Å². The summed E-state index contributed by atoms with van der Waals surface area (Å²) in [7, 11) is 2.05. The first-order valence-electron chi connectivity index (χ1n) is 6.79. The lowest BCUT2D eigenvalue weighted by atomic mass is 10.0. The van der Waals surface area contributed by atoms with Crippen LogP contribution in [-0.2, 0) is 0 Å². The van der Waals surface area contributed by atoms with Gasteiger partial charge in [-0.25, -0.2) is 0 Å². The van der Waals surface area contributed by atoms with Crippen LogP contribution in [0.1, 0.15) is 29.7 Å². The van der Waals surface area contributed by atoms with Crippen molar-refractivity contribution in [1.29, 1.82) is 0 Å². The Labute approximate surface area is 136 Å². The van der Waals surface area contributed by atoms with E-state index in [1.807, 2.05) is 30.3 Å². The van der Waals surface area contributed by atoms with Crippen molar-refractivity contribution in [1.82, 2.24) is 0 Å². The van der Waals surface area contributed by atoms with Crippen LogP contribution in [0.2, 0.25) is 5.02 Å². The van der Waals surface area contributed by atoms with Crippen molar-refractivity contribution in [2.24, 2.45) is 5.73 Å². The molecule has 0 spiro atoms. The van der Waals surface area contributed by atoms with E-state index in [9.17, 15) is 0 Å². The molecule has 0 radical (unpaired) electrons. The third-order valence-corrected chi connectivity index (χ3v) is 4.22. The Balaban J connectivity index is 2.44. The van der Waals surface area contributed by atoms with E-state index in [0.717, 1.165) is 27.4 Å². The van der Waals surface area contributed by atoms with Gasteiger partial charge in [0.15, 0.2) is 0 Å². The summed E-state index contributed by atoms with van der Waals surface area (Å²) in [5.74, 6) is 0. The van der Waals surface area contributed by atoms with Gasteiger partial charge in [-0.3, -0.25) is 0 Å². The van der Waals surface area contributed by atoms with Crippen LogP contribution in [0, 0.1) is 6.92 Å². The van der Waals surface area contributed by atoms with Gasteiger partial charge in [-0.05, 0) is 43.2 Å². The zero-order valence-electron chi connectivity index (χ0n) is 12.4. The van der Waals surface area contributed by atoms with Crippen molar-refractivity contribution in [2.75, 3.05) is 11.9 Å². The summed E-state index contributed by atoms with van der Waals surface area (Å²) in [6.45, 7) is 4.21. The molecular formula is C17H19ClN2S. The Bertz CT molecular complexity index is 670. The van der Waals surface area contributed by atoms with Crippen LogP contribution in [0.3, 0.4) is 0 Å². The molecule has 0 saturated carbocycles. The van der Waals surface area contributed by atoms with Crippen molar-refractivity contribution >= 4 is 34.5 Å². The molecule has 1 atom stereocenters. The van der Waals surface area contributed by atoms with Crippen molar-refractivity contribution in [2.45, 2.75) is 19.9 Å². The number of hydrogen-bond donors (Lipinski definition) is 1. The monoisotopic (exact) mass is 318 g/mol. The number of nitrogens with two attached hydrogens (primary N) is 1. The van der Waals surface area contributed by atoms with Crippen LogP contribution in [0.4, 0.5) is 5.69 Å². The third-order valence-electron chi connectivity index (χ3n) is 3.77. The van der Waals surface area contributed by atoms with Gasteiger partial charge >= 0.3 is 0 Å². The molecule has 0 aliphatic carbocycles. The molecule has 0 aliphatic rings. The molecule has 21 heavy (non-hydrogen) atoms. The molecule has 0 heterocycles. The summed E-state index contributed by atoms with van der Waals surface area (Å²) >= 11 is 11.3. The average Bonchev–Trinajstić information content (AvgIpc) is 2.45. The molecule has 2 rings (SSSR count). The molecular weight excluding hydrogens is 300 g/mol. The summed E-state index contributed by atoms with van der Waals surface area (Å²) in [5, 5.41) is 0.743. The Morgan fingerprint density at radius 3 is 2.52 bits per heavy atom. The normalized spacial score (nSPS) is 12.0. The molecule has 0 bridgehead atoms. The molecule has 2 nitrogen and oxygen atoms in total. The largest absolute Gasteiger partial charge is 0.389 e. The maximum atomic E-state index is 6.09. The zero-order chi connectivity index (χ0) is 15.6. The van der Waals surface area contributed by atoms with Crippen molar-refractivity contribution in [3.05, 3.63) is 64.2 Å². The molecule has 0 amide bonds. The van der Waals surface area contributed by atoms with E-state index in [-0.39, 0.29) is 6.04 Å². The Hall–Kier alpha value is -1.58. The number of halogens is 1. The van der Waals surface area contributed by atoms with E-state index in [0.29, 0.717) is 4.99 Å². The minimum absolute atomic E-state index is 0.165. The Morgan fingerprint density at radius 1 is 1.24 bits per heavy atom. The molecule has 2 aromatic carbocycles. The van der Waals surface area contributed by atoms with E-state index in [4.69, 9.17) is 29.6 Å². The summed E-state index contributed by atoms with van der Waals surface area (Å²) in [6, 6.07) is 14.1. The number of aryl methyl sites for hydroxylation is 1. The van der Waals surface area contributed by atoms with Crippen molar-refractivity contribution in [3.8, 4) is 0 Å². The van der Waals surface area contributed by atoms with Crippen LogP contribution in [0.5, 0.6) is 0 Å². The molecule has 1 unspecified atom stereocenters. The Kier molecular flexibility index (Phi) is 4.86. The van der Waals surface area contributed by atoms with E-state index < -0.39 is 0 Å². The molecule has 110 valence electrons. The second-order valence-electron chi connectivity index (χ2n) is 5.18. The molecule has 2 aromatic rings. The first kappa shape index (κ1) is 15.8. The van der Waals surface area contributed by atoms with Crippen molar-refractivity contribution in [3.63, 3.8) is 0 Å². The predicted octanol–water partition coefficient (Wildman–Crippen LogP) is 4.48. The van der Waals surface area contributed by atoms with Crippen molar-refractivity contribution < 1.29 is 0 Å². The number of hydrogen-bond acceptors (Lipinski definition) is 2. The van der Waals surface area contributed by atoms with E-state index in [2.05, 4.69) is 37.9 Å². The van der Waals surface area contributed by atoms with E-state index >= 15 is 0 Å². The maximum absolute atomic E-state index is 6.09. The molecule has 2 N–H and O–H groups in total. The minimum Gasteiger partial charge on any atom is -0.389 e. The lowest BCUT2D eigenvalue weighted by Crippen LogP contribution is -2.26. The number of benzene rings is 2. The molecule has 0 aromatic heterocycles. The van der Waals surface area contributed by atoms with Gasteiger partial charge < -0.3 is 10.6 Å². The van der Waals surface area contributed by atoms with Gasteiger partial charge in [0.2, 0.25) is 0 Å². The number of para-hydroxylation sites is 1. The maximum Gasteiger partial charge on any atom is 0.106 e. The number of nitrogens with zero attached hydrogens (tertiary/aromatic N) is 1. The fraction of sp³-hybridized carbons (Fsp3) is 0.235. The van der Waals surface area contributed by atoms with Gasteiger partial charge in [0.05, 0.1) is 11.7 Å². The molecule has 0 saturated heterocycles.